The van der Waals surface area contributed by atoms with Crippen LogP contribution in [0.5, 0.6) is 0 Å². The Balaban J connectivity index is 3.01. The van der Waals surface area contributed by atoms with E-state index in [0.29, 0.717) is 12.6 Å². The summed E-state index contributed by atoms with van der Waals surface area (Å²) in [6, 6.07) is 1.57. The first-order chi connectivity index (χ1) is 9.25. The first kappa shape index (κ1) is 15.7. The highest BCUT2D eigenvalue weighted by Crippen LogP contribution is 2.29. The summed E-state index contributed by atoms with van der Waals surface area (Å²) in [5, 5.41) is 4.81. The summed E-state index contributed by atoms with van der Waals surface area (Å²) in [7, 11) is 0. The van der Waals surface area contributed by atoms with Crippen molar-refractivity contribution >= 4 is 17.6 Å². The summed E-state index contributed by atoms with van der Waals surface area (Å²) >= 11 is 0. The van der Waals surface area contributed by atoms with Crippen LogP contribution in [0.4, 0.5) is 19.0 Å². The number of carbonyl (C=O) groups is 2. The summed E-state index contributed by atoms with van der Waals surface area (Å²) in [5.41, 5.74) is 3.64. The Morgan fingerprint density at radius 1 is 1.35 bits per heavy atom. The number of rotatable bonds is 5. The Labute approximate surface area is 112 Å². The van der Waals surface area contributed by atoms with Gasteiger partial charge in [-0.25, -0.2) is 4.98 Å². The zero-order valence-electron chi connectivity index (χ0n) is 10.5. The van der Waals surface area contributed by atoms with Crippen molar-refractivity contribution in [1.82, 2.24) is 10.3 Å². The fraction of sp³-hybridized carbons (Fsp3) is 0.364. The largest absolute Gasteiger partial charge is 0.433 e. The van der Waals surface area contributed by atoms with Gasteiger partial charge in [0.25, 0.3) is 5.91 Å². The molecule has 0 aliphatic rings. The number of halogens is 3. The zero-order chi connectivity index (χ0) is 15.3. The predicted octanol–water partition coefficient (Wildman–Crippen LogP) is 0.747. The molecular weight excluding hydrogens is 277 g/mol. The van der Waals surface area contributed by atoms with E-state index in [0.717, 1.165) is 6.07 Å². The van der Waals surface area contributed by atoms with E-state index in [4.69, 9.17) is 5.73 Å². The van der Waals surface area contributed by atoms with E-state index in [-0.39, 0.29) is 17.9 Å². The molecule has 110 valence electrons. The van der Waals surface area contributed by atoms with E-state index in [1.165, 1.54) is 0 Å². The Bertz CT molecular complexity index is 517. The van der Waals surface area contributed by atoms with Gasteiger partial charge in [0.05, 0.1) is 12.1 Å². The predicted molar refractivity (Wildman–Crippen MR) is 64.9 cm³/mol. The van der Waals surface area contributed by atoms with Gasteiger partial charge in [-0.2, -0.15) is 13.2 Å². The molecule has 2 amide bonds. The van der Waals surface area contributed by atoms with Crippen molar-refractivity contribution in [1.29, 1.82) is 0 Å². The van der Waals surface area contributed by atoms with Gasteiger partial charge in [-0.15, -0.1) is 0 Å². The van der Waals surface area contributed by atoms with Crippen molar-refractivity contribution in [2.24, 2.45) is 5.73 Å². The number of amides is 2. The second kappa shape index (κ2) is 6.22. The van der Waals surface area contributed by atoms with Crippen LogP contribution in [0.25, 0.3) is 0 Å². The number of nitrogens with zero attached hydrogens (tertiary/aromatic N) is 1. The maximum absolute atomic E-state index is 12.5. The molecule has 0 aliphatic heterocycles. The molecule has 1 rings (SSSR count). The molecule has 0 radical (unpaired) electrons. The molecule has 0 saturated heterocycles. The number of hydrogen-bond acceptors (Lipinski definition) is 4. The van der Waals surface area contributed by atoms with Crippen molar-refractivity contribution in [2.45, 2.75) is 13.1 Å². The topological polar surface area (TPSA) is 97.1 Å². The van der Waals surface area contributed by atoms with Gasteiger partial charge in [-0.05, 0) is 19.1 Å². The van der Waals surface area contributed by atoms with Crippen molar-refractivity contribution in [2.75, 3.05) is 18.4 Å². The first-order valence-electron chi connectivity index (χ1n) is 5.64. The van der Waals surface area contributed by atoms with Crippen LogP contribution in [0.15, 0.2) is 12.1 Å². The molecule has 20 heavy (non-hydrogen) atoms. The molecule has 1 aromatic heterocycles. The van der Waals surface area contributed by atoms with Crippen LogP contribution in [-0.2, 0) is 11.0 Å². The average Bonchev–Trinajstić information content (AvgIpc) is 2.35. The molecule has 9 heteroatoms. The molecule has 0 bridgehead atoms. The SMILES string of the molecule is CCNC(=O)CNc1nc(C(F)(F)F)ccc1C(N)=O. The van der Waals surface area contributed by atoms with E-state index in [2.05, 4.69) is 15.6 Å². The van der Waals surface area contributed by atoms with Gasteiger partial charge in [0.15, 0.2) is 0 Å². The van der Waals surface area contributed by atoms with Gasteiger partial charge in [-0.1, -0.05) is 0 Å². The fourth-order valence-corrected chi connectivity index (χ4v) is 1.37. The highest BCUT2D eigenvalue weighted by Gasteiger charge is 2.33. The monoisotopic (exact) mass is 290 g/mol. The van der Waals surface area contributed by atoms with Gasteiger partial charge in [-0.3, -0.25) is 9.59 Å². The summed E-state index contributed by atoms with van der Waals surface area (Å²) in [6.45, 7) is 1.75. The number of pyridine rings is 1. The maximum atomic E-state index is 12.5. The molecule has 0 atom stereocenters. The lowest BCUT2D eigenvalue weighted by atomic mass is 10.2. The molecule has 1 aromatic rings. The smallest absolute Gasteiger partial charge is 0.365 e. The minimum absolute atomic E-state index is 0.220. The second-order valence-electron chi connectivity index (χ2n) is 3.76. The Hall–Kier alpha value is -2.32. The van der Waals surface area contributed by atoms with Gasteiger partial charge >= 0.3 is 6.18 Å². The highest BCUT2D eigenvalue weighted by molar-refractivity contribution is 5.98. The van der Waals surface area contributed by atoms with Gasteiger partial charge in [0.1, 0.15) is 11.5 Å². The van der Waals surface area contributed by atoms with Gasteiger partial charge < -0.3 is 16.4 Å². The number of anilines is 1. The minimum Gasteiger partial charge on any atom is -0.365 e. The number of hydrogen-bond donors (Lipinski definition) is 3. The van der Waals surface area contributed by atoms with E-state index in [1.807, 2.05) is 0 Å². The number of alkyl halides is 3. The van der Waals surface area contributed by atoms with Crippen molar-refractivity contribution < 1.29 is 22.8 Å². The average molecular weight is 290 g/mol. The third-order valence-electron chi connectivity index (χ3n) is 2.24. The third kappa shape index (κ3) is 4.11. The van der Waals surface area contributed by atoms with Crippen LogP contribution in [0.2, 0.25) is 0 Å². The minimum atomic E-state index is -4.65. The van der Waals surface area contributed by atoms with Crippen LogP contribution in [0.1, 0.15) is 23.0 Å². The van der Waals surface area contributed by atoms with Crippen LogP contribution in [0.3, 0.4) is 0 Å². The van der Waals surface area contributed by atoms with Crippen LogP contribution in [0, 0.1) is 0 Å². The lowest BCUT2D eigenvalue weighted by Gasteiger charge is -2.12. The molecule has 0 fully saturated rings. The Morgan fingerprint density at radius 2 is 2.00 bits per heavy atom. The van der Waals surface area contributed by atoms with Crippen LogP contribution >= 0.6 is 0 Å². The fourth-order valence-electron chi connectivity index (χ4n) is 1.37. The molecule has 0 aromatic carbocycles. The molecule has 0 spiro atoms. The van der Waals surface area contributed by atoms with E-state index < -0.39 is 23.7 Å². The van der Waals surface area contributed by atoms with Crippen molar-refractivity contribution in [3.63, 3.8) is 0 Å². The summed E-state index contributed by atoms with van der Waals surface area (Å²) in [5.74, 6) is -1.76. The Kier molecular flexibility index (Phi) is 4.89. The van der Waals surface area contributed by atoms with Crippen molar-refractivity contribution in [3.05, 3.63) is 23.4 Å². The van der Waals surface area contributed by atoms with Crippen LogP contribution < -0.4 is 16.4 Å². The molecule has 0 aliphatic carbocycles. The normalized spacial score (nSPS) is 11.0. The molecule has 1 heterocycles. The van der Waals surface area contributed by atoms with Gasteiger partial charge in [0, 0.05) is 6.54 Å². The van der Waals surface area contributed by atoms with Gasteiger partial charge in [0.2, 0.25) is 5.91 Å². The second-order valence-corrected chi connectivity index (χ2v) is 3.76. The van der Waals surface area contributed by atoms with E-state index in [9.17, 15) is 22.8 Å². The number of primary amides is 1. The number of likely N-dealkylation sites (N-methyl/N-ethyl adjacent to an activating group) is 1. The number of carbonyl (C=O) groups excluding carboxylic acids is 2. The molecule has 0 unspecified atom stereocenters. The Morgan fingerprint density at radius 3 is 2.50 bits per heavy atom. The zero-order valence-corrected chi connectivity index (χ0v) is 10.5. The lowest BCUT2D eigenvalue weighted by molar-refractivity contribution is -0.141. The lowest BCUT2D eigenvalue weighted by Crippen LogP contribution is -2.30. The van der Waals surface area contributed by atoms with E-state index in [1.54, 1.807) is 6.92 Å². The number of aromatic nitrogens is 1. The maximum Gasteiger partial charge on any atom is 0.433 e. The van der Waals surface area contributed by atoms with E-state index >= 15 is 0 Å². The third-order valence-corrected chi connectivity index (χ3v) is 2.24. The van der Waals surface area contributed by atoms with Crippen molar-refractivity contribution in [3.8, 4) is 0 Å². The molecule has 4 N–H and O–H groups in total. The number of nitrogens with two attached hydrogens (primary N) is 1. The molecular formula is C11H13F3N4O2. The van der Waals surface area contributed by atoms with Crippen LogP contribution in [-0.4, -0.2) is 29.9 Å². The summed E-state index contributed by atoms with van der Waals surface area (Å²) in [6.07, 6.45) is -4.65. The number of nitrogens with one attached hydrogen (secondary N) is 2. The standard InChI is InChI=1S/C11H13F3N4O2/c1-2-16-8(19)5-17-10-6(9(15)20)3-4-7(18-10)11(12,13)14/h3-4H,2,5H2,1H3,(H2,15,20)(H,16,19)(H,17,18). The summed E-state index contributed by atoms with van der Waals surface area (Å²) < 4.78 is 37.6. The molecule has 6 nitrogen and oxygen atoms in total. The molecule has 0 saturated carbocycles. The highest BCUT2D eigenvalue weighted by atomic mass is 19.4. The quantitative estimate of drug-likeness (QED) is 0.745. The summed E-state index contributed by atoms with van der Waals surface area (Å²) in [4.78, 5) is 25.6. The first-order valence-corrected chi connectivity index (χ1v) is 5.64.